The molecule has 2 aliphatic heterocycles. The minimum atomic E-state index is -0.321. The van der Waals surface area contributed by atoms with Crippen molar-refractivity contribution in [1.82, 2.24) is 25.5 Å². The van der Waals surface area contributed by atoms with E-state index in [1.54, 1.807) is 23.4 Å². The second-order valence-electron chi connectivity index (χ2n) is 7.47. The lowest BCUT2D eigenvalue weighted by Gasteiger charge is -2.29. The van der Waals surface area contributed by atoms with Crippen LogP contribution in [0.3, 0.4) is 0 Å². The molecule has 2 aromatic rings. The van der Waals surface area contributed by atoms with Gasteiger partial charge >= 0.3 is 5.97 Å². The molecule has 3 atom stereocenters. The number of quaternary nitrogens is 1. The summed E-state index contributed by atoms with van der Waals surface area (Å²) in [6, 6.07) is 9.51. The number of likely N-dealkylation sites (tertiary alicyclic amines) is 1. The fraction of sp³-hybridized carbons (Fsp3) is 0.450. The highest BCUT2D eigenvalue weighted by molar-refractivity contribution is 8.04. The maximum Gasteiger partial charge on any atom is 0.336 e. The number of fused-ring (bicyclic) bond motifs is 1. The monoisotopic (exact) mass is 461 g/mol. The molecule has 2 N–H and O–H groups in total. The molecule has 1 aromatic heterocycles. The highest BCUT2D eigenvalue weighted by Gasteiger charge is 2.44. The van der Waals surface area contributed by atoms with Gasteiger partial charge in [-0.3, -0.25) is 4.79 Å². The van der Waals surface area contributed by atoms with Gasteiger partial charge in [0, 0.05) is 12.3 Å². The molecule has 3 heterocycles. The standard InChI is InChI=1S/C20H24N6O3S2/c1-3-29-19(28)17-14-9-10-25(2)11-15(14)31-18(17)21-16(27)12-30-20-22-23-24-26(20)13-7-5-4-6-8-13/h4-8,14-15H,3,9-12H2,1-2H3,(H,21,27)/p+1. The van der Waals surface area contributed by atoms with Gasteiger partial charge in [-0.25, -0.2) is 4.79 Å². The number of rotatable bonds is 7. The minimum absolute atomic E-state index is 0.126. The third kappa shape index (κ3) is 4.94. The number of carbonyl (C=O) groups excluding carboxylic acids is 2. The molecule has 0 bridgehead atoms. The van der Waals surface area contributed by atoms with Crippen LogP contribution in [0.5, 0.6) is 0 Å². The van der Waals surface area contributed by atoms with Crippen molar-refractivity contribution in [2.24, 2.45) is 5.92 Å². The van der Waals surface area contributed by atoms with Crippen molar-refractivity contribution in [1.29, 1.82) is 0 Å². The Morgan fingerprint density at radius 2 is 2.16 bits per heavy atom. The number of hydrogen-bond acceptors (Lipinski definition) is 8. The Morgan fingerprint density at radius 3 is 2.94 bits per heavy atom. The quantitative estimate of drug-likeness (QED) is 0.448. The predicted octanol–water partition coefficient (Wildman–Crippen LogP) is 0.295. The van der Waals surface area contributed by atoms with Gasteiger partial charge < -0.3 is 15.0 Å². The minimum Gasteiger partial charge on any atom is -0.463 e. The third-order valence-electron chi connectivity index (χ3n) is 5.29. The summed E-state index contributed by atoms with van der Waals surface area (Å²) in [5.41, 5.74) is 1.45. The smallest absolute Gasteiger partial charge is 0.336 e. The number of nitrogens with zero attached hydrogens (tertiary/aromatic N) is 4. The summed E-state index contributed by atoms with van der Waals surface area (Å²) in [5.74, 6) is -0.260. The molecule has 9 nitrogen and oxygen atoms in total. The number of amides is 1. The van der Waals surface area contributed by atoms with Crippen LogP contribution < -0.4 is 10.2 Å². The summed E-state index contributed by atoms with van der Waals surface area (Å²) in [5, 5.41) is 16.1. The van der Waals surface area contributed by atoms with Gasteiger partial charge in [-0.05, 0) is 29.5 Å². The molecular formula is C20H25N6O3S2+. The van der Waals surface area contributed by atoms with Crippen molar-refractivity contribution in [3.05, 3.63) is 40.9 Å². The maximum absolute atomic E-state index is 12.7. The summed E-state index contributed by atoms with van der Waals surface area (Å²) in [4.78, 5) is 26.8. The number of nitrogens with one attached hydrogen (secondary N) is 2. The highest BCUT2D eigenvalue weighted by atomic mass is 32.2. The highest BCUT2D eigenvalue weighted by Crippen LogP contribution is 2.43. The zero-order valence-corrected chi connectivity index (χ0v) is 19.0. The second kappa shape index (κ2) is 9.84. The number of hydrogen-bond donors (Lipinski definition) is 2. The zero-order valence-electron chi connectivity index (χ0n) is 17.4. The Kier molecular flexibility index (Phi) is 6.93. The molecule has 11 heteroatoms. The first-order valence-electron chi connectivity index (χ1n) is 10.2. The summed E-state index contributed by atoms with van der Waals surface area (Å²) in [7, 11) is 2.16. The van der Waals surface area contributed by atoms with Crippen molar-refractivity contribution in [2.75, 3.05) is 32.5 Å². The van der Waals surface area contributed by atoms with Gasteiger partial charge in [-0.1, -0.05) is 41.7 Å². The molecule has 0 spiro atoms. The molecule has 1 amide bonds. The van der Waals surface area contributed by atoms with Crippen molar-refractivity contribution in [3.63, 3.8) is 0 Å². The van der Waals surface area contributed by atoms with Gasteiger partial charge in [0.15, 0.2) is 0 Å². The zero-order chi connectivity index (χ0) is 21.8. The van der Waals surface area contributed by atoms with Gasteiger partial charge in [-0.2, -0.15) is 4.68 Å². The Balaban J connectivity index is 1.44. The first-order chi connectivity index (χ1) is 15.1. The average molecular weight is 462 g/mol. The lowest BCUT2D eigenvalue weighted by Crippen LogP contribution is -3.11. The summed E-state index contributed by atoms with van der Waals surface area (Å²) in [6.07, 6.45) is 0.914. The second-order valence-corrected chi connectivity index (χ2v) is 9.66. The molecule has 2 aliphatic rings. The van der Waals surface area contributed by atoms with E-state index in [0.717, 1.165) is 25.2 Å². The molecule has 3 unspecified atom stereocenters. The van der Waals surface area contributed by atoms with Gasteiger partial charge in [0.25, 0.3) is 0 Å². The molecule has 1 aromatic carbocycles. The topological polar surface area (TPSA) is 103 Å². The molecule has 0 saturated carbocycles. The Morgan fingerprint density at radius 1 is 1.35 bits per heavy atom. The molecule has 164 valence electrons. The molecule has 0 aliphatic carbocycles. The van der Waals surface area contributed by atoms with Crippen LogP contribution in [0.1, 0.15) is 13.3 Å². The number of esters is 1. The van der Waals surface area contributed by atoms with Crippen LogP contribution in [0.4, 0.5) is 0 Å². The van der Waals surface area contributed by atoms with E-state index in [1.807, 2.05) is 30.3 Å². The van der Waals surface area contributed by atoms with Gasteiger partial charge in [0.1, 0.15) is 0 Å². The number of ether oxygens (including phenoxy) is 1. The van der Waals surface area contributed by atoms with E-state index in [1.165, 1.54) is 16.7 Å². The maximum atomic E-state index is 12.7. The Labute approximate surface area is 189 Å². The SMILES string of the molecule is CCOC(=O)C1=C(NC(=O)CSc2nnnn2-c2ccccc2)SC2C[NH+](C)CCC12. The van der Waals surface area contributed by atoms with E-state index < -0.39 is 0 Å². The first-order valence-corrected chi connectivity index (χ1v) is 12.1. The molecule has 1 saturated heterocycles. The molecule has 4 rings (SSSR count). The summed E-state index contributed by atoms with van der Waals surface area (Å²) < 4.78 is 6.89. The van der Waals surface area contributed by atoms with Crippen molar-refractivity contribution >= 4 is 35.4 Å². The fourth-order valence-electron chi connectivity index (χ4n) is 3.86. The number of tetrazole rings is 1. The largest absolute Gasteiger partial charge is 0.463 e. The third-order valence-corrected chi connectivity index (χ3v) is 7.56. The molecular weight excluding hydrogens is 436 g/mol. The van der Waals surface area contributed by atoms with Crippen LogP contribution in [-0.2, 0) is 14.3 Å². The first kappa shape index (κ1) is 21.8. The van der Waals surface area contributed by atoms with E-state index in [4.69, 9.17) is 4.74 Å². The van der Waals surface area contributed by atoms with E-state index in [9.17, 15) is 9.59 Å². The number of carbonyl (C=O) groups is 2. The van der Waals surface area contributed by atoms with E-state index in [0.29, 0.717) is 22.4 Å². The lowest BCUT2D eigenvalue weighted by atomic mass is 9.89. The summed E-state index contributed by atoms with van der Waals surface area (Å²) >= 11 is 2.83. The van der Waals surface area contributed by atoms with Gasteiger partial charge in [0.05, 0.1) is 54.0 Å². The lowest BCUT2D eigenvalue weighted by molar-refractivity contribution is -0.884. The molecule has 31 heavy (non-hydrogen) atoms. The molecule has 0 radical (unpaired) electrons. The predicted molar refractivity (Wildman–Crippen MR) is 118 cm³/mol. The fourth-order valence-corrected chi connectivity index (χ4v) is 6.19. The van der Waals surface area contributed by atoms with Gasteiger partial charge in [0.2, 0.25) is 11.1 Å². The number of piperidine rings is 1. The van der Waals surface area contributed by atoms with Gasteiger partial charge in [-0.15, -0.1) is 5.10 Å². The Hall–Kier alpha value is -2.37. The van der Waals surface area contributed by atoms with Crippen LogP contribution in [0.15, 0.2) is 46.1 Å². The van der Waals surface area contributed by atoms with Crippen LogP contribution in [0, 0.1) is 5.92 Å². The van der Waals surface area contributed by atoms with E-state index >= 15 is 0 Å². The normalized spacial score (nSPS) is 22.8. The molecule has 1 fully saturated rings. The van der Waals surface area contributed by atoms with Crippen LogP contribution in [0.2, 0.25) is 0 Å². The van der Waals surface area contributed by atoms with E-state index in [-0.39, 0.29) is 28.8 Å². The van der Waals surface area contributed by atoms with Crippen molar-refractivity contribution in [2.45, 2.75) is 23.8 Å². The number of benzene rings is 1. The van der Waals surface area contributed by atoms with E-state index in [2.05, 4.69) is 27.9 Å². The van der Waals surface area contributed by atoms with Crippen molar-refractivity contribution < 1.29 is 19.2 Å². The van der Waals surface area contributed by atoms with Crippen LogP contribution in [-0.4, -0.2) is 69.8 Å². The number of para-hydroxylation sites is 1. The van der Waals surface area contributed by atoms with Crippen molar-refractivity contribution in [3.8, 4) is 5.69 Å². The Bertz CT molecular complexity index is 980. The summed E-state index contributed by atoms with van der Waals surface area (Å²) in [6.45, 7) is 4.07. The number of aromatic nitrogens is 4. The van der Waals surface area contributed by atoms with Crippen LogP contribution >= 0.6 is 23.5 Å². The number of thioether (sulfide) groups is 2. The van der Waals surface area contributed by atoms with Crippen LogP contribution in [0.25, 0.3) is 5.69 Å². The average Bonchev–Trinajstić information content (AvgIpc) is 3.37.